The van der Waals surface area contributed by atoms with Gasteiger partial charge in [-0.05, 0) is 37.0 Å². The summed E-state index contributed by atoms with van der Waals surface area (Å²) in [7, 11) is 0. The highest BCUT2D eigenvalue weighted by Crippen LogP contribution is 2.29. The zero-order chi connectivity index (χ0) is 11.6. The summed E-state index contributed by atoms with van der Waals surface area (Å²) >= 11 is 0. The molecular weight excluding hydrogens is 208 g/mol. The van der Waals surface area contributed by atoms with Gasteiger partial charge in [0.1, 0.15) is 11.6 Å². The van der Waals surface area contributed by atoms with Gasteiger partial charge in [0.25, 0.3) is 0 Å². The summed E-state index contributed by atoms with van der Waals surface area (Å²) in [6, 6.07) is 3.66. The third kappa shape index (κ3) is 2.79. The van der Waals surface area contributed by atoms with E-state index in [1.807, 2.05) is 0 Å². The molecule has 0 aliphatic heterocycles. The monoisotopic (exact) mass is 225 g/mol. The average Bonchev–Trinajstić information content (AvgIpc) is 2.15. The van der Waals surface area contributed by atoms with Crippen LogP contribution >= 0.6 is 0 Å². The highest BCUT2D eigenvalue weighted by atomic mass is 19.1. The molecule has 0 heterocycles. The van der Waals surface area contributed by atoms with Crippen LogP contribution in [0, 0.1) is 11.6 Å². The first-order valence-electron chi connectivity index (χ1n) is 5.81. The van der Waals surface area contributed by atoms with E-state index >= 15 is 0 Å². The Morgan fingerprint density at radius 1 is 1.00 bits per heavy atom. The van der Waals surface area contributed by atoms with Gasteiger partial charge in [-0.25, -0.2) is 8.78 Å². The predicted molar refractivity (Wildman–Crippen MR) is 60.1 cm³/mol. The Morgan fingerprint density at radius 2 is 1.56 bits per heavy atom. The van der Waals surface area contributed by atoms with Crippen molar-refractivity contribution in [2.45, 2.75) is 44.1 Å². The van der Waals surface area contributed by atoms with Gasteiger partial charge in [-0.3, -0.25) is 0 Å². The Labute approximate surface area is 94.7 Å². The third-order valence-corrected chi connectivity index (χ3v) is 3.33. The largest absolute Gasteiger partial charge is 0.325 e. The Balaban J connectivity index is 2.13. The normalized spacial score (nSPS) is 19.7. The van der Waals surface area contributed by atoms with Crippen molar-refractivity contribution in [1.82, 2.24) is 0 Å². The fourth-order valence-electron chi connectivity index (χ4n) is 2.55. The van der Waals surface area contributed by atoms with Gasteiger partial charge in [0.15, 0.2) is 0 Å². The van der Waals surface area contributed by atoms with Gasteiger partial charge in [-0.1, -0.05) is 19.3 Å². The second kappa shape index (κ2) is 4.50. The molecule has 3 heteroatoms. The Kier molecular flexibility index (Phi) is 3.24. The van der Waals surface area contributed by atoms with Crippen molar-refractivity contribution >= 4 is 0 Å². The molecule has 1 fully saturated rings. The molecule has 2 N–H and O–H groups in total. The van der Waals surface area contributed by atoms with E-state index < -0.39 is 11.6 Å². The fraction of sp³-hybridized carbons (Fsp3) is 0.538. The van der Waals surface area contributed by atoms with Gasteiger partial charge in [-0.15, -0.1) is 0 Å². The van der Waals surface area contributed by atoms with Crippen LogP contribution in [0.1, 0.15) is 37.7 Å². The quantitative estimate of drug-likeness (QED) is 0.822. The standard InChI is InChI=1S/C13H17F2N/c14-11-6-10(7-12(15)8-11)9-13(16)4-2-1-3-5-13/h6-8H,1-5,9,16H2. The highest BCUT2D eigenvalue weighted by molar-refractivity contribution is 5.20. The molecule has 2 rings (SSSR count). The molecule has 0 spiro atoms. The molecule has 16 heavy (non-hydrogen) atoms. The summed E-state index contributed by atoms with van der Waals surface area (Å²) in [4.78, 5) is 0. The van der Waals surface area contributed by atoms with Gasteiger partial charge in [0.05, 0.1) is 0 Å². The summed E-state index contributed by atoms with van der Waals surface area (Å²) in [6.07, 6.45) is 5.93. The predicted octanol–water partition coefficient (Wildman–Crippen LogP) is 3.17. The highest BCUT2D eigenvalue weighted by Gasteiger charge is 2.27. The summed E-state index contributed by atoms with van der Waals surface area (Å²) in [5.41, 5.74) is 6.65. The van der Waals surface area contributed by atoms with E-state index in [1.54, 1.807) is 0 Å². The average molecular weight is 225 g/mol. The van der Waals surface area contributed by atoms with Crippen molar-refractivity contribution in [3.05, 3.63) is 35.4 Å². The van der Waals surface area contributed by atoms with Gasteiger partial charge >= 0.3 is 0 Å². The first-order valence-corrected chi connectivity index (χ1v) is 5.81. The van der Waals surface area contributed by atoms with E-state index in [9.17, 15) is 8.78 Å². The van der Waals surface area contributed by atoms with E-state index in [0.29, 0.717) is 12.0 Å². The first-order chi connectivity index (χ1) is 7.57. The fourth-order valence-corrected chi connectivity index (χ4v) is 2.55. The minimum Gasteiger partial charge on any atom is -0.325 e. The van der Waals surface area contributed by atoms with E-state index in [4.69, 9.17) is 5.73 Å². The number of hydrogen-bond acceptors (Lipinski definition) is 1. The Bertz CT molecular complexity index is 350. The third-order valence-electron chi connectivity index (χ3n) is 3.33. The van der Waals surface area contributed by atoms with Gasteiger partial charge in [0.2, 0.25) is 0 Å². The van der Waals surface area contributed by atoms with Crippen LogP contribution in [-0.2, 0) is 6.42 Å². The molecule has 0 radical (unpaired) electrons. The molecule has 0 saturated heterocycles. The van der Waals surface area contributed by atoms with Crippen LogP contribution in [0.15, 0.2) is 18.2 Å². The van der Waals surface area contributed by atoms with Crippen molar-refractivity contribution in [1.29, 1.82) is 0 Å². The molecule has 0 atom stereocenters. The summed E-state index contributed by atoms with van der Waals surface area (Å²) in [5.74, 6) is -1.04. The van der Waals surface area contributed by atoms with Crippen molar-refractivity contribution in [3.8, 4) is 0 Å². The second-order valence-corrected chi connectivity index (χ2v) is 4.88. The Morgan fingerprint density at radius 3 is 2.12 bits per heavy atom. The molecule has 1 nitrogen and oxygen atoms in total. The van der Waals surface area contributed by atoms with Crippen molar-refractivity contribution < 1.29 is 8.78 Å². The van der Waals surface area contributed by atoms with Crippen LogP contribution < -0.4 is 5.73 Å². The molecule has 0 bridgehead atoms. The van der Waals surface area contributed by atoms with Gasteiger partial charge in [0, 0.05) is 11.6 Å². The zero-order valence-corrected chi connectivity index (χ0v) is 9.31. The van der Waals surface area contributed by atoms with Crippen LogP contribution in [0.25, 0.3) is 0 Å². The summed E-state index contributed by atoms with van der Waals surface area (Å²) < 4.78 is 26.1. The van der Waals surface area contributed by atoms with Crippen LogP contribution in [0.4, 0.5) is 8.78 Å². The van der Waals surface area contributed by atoms with Gasteiger partial charge in [-0.2, -0.15) is 0 Å². The lowest BCUT2D eigenvalue weighted by atomic mass is 9.78. The smallest absolute Gasteiger partial charge is 0.126 e. The first kappa shape index (κ1) is 11.5. The summed E-state index contributed by atoms with van der Waals surface area (Å²) in [5, 5.41) is 0. The topological polar surface area (TPSA) is 26.0 Å². The van der Waals surface area contributed by atoms with Crippen LogP contribution in [-0.4, -0.2) is 5.54 Å². The number of rotatable bonds is 2. The Hall–Kier alpha value is -0.960. The summed E-state index contributed by atoms with van der Waals surface area (Å²) in [6.45, 7) is 0. The SMILES string of the molecule is NC1(Cc2cc(F)cc(F)c2)CCCCC1. The maximum absolute atomic E-state index is 13.0. The molecule has 1 aromatic rings. The molecule has 1 saturated carbocycles. The molecule has 88 valence electrons. The molecular formula is C13H17F2N. The minimum atomic E-state index is -0.519. The molecule has 0 amide bonds. The van der Waals surface area contributed by atoms with E-state index in [-0.39, 0.29) is 5.54 Å². The van der Waals surface area contributed by atoms with E-state index in [0.717, 1.165) is 31.7 Å². The molecule has 0 aromatic heterocycles. The van der Waals surface area contributed by atoms with Crippen LogP contribution in [0.2, 0.25) is 0 Å². The van der Waals surface area contributed by atoms with Crippen LogP contribution in [0.3, 0.4) is 0 Å². The maximum atomic E-state index is 13.0. The number of benzene rings is 1. The zero-order valence-electron chi connectivity index (χ0n) is 9.31. The van der Waals surface area contributed by atoms with Crippen LogP contribution in [0.5, 0.6) is 0 Å². The van der Waals surface area contributed by atoms with Crippen molar-refractivity contribution in [2.24, 2.45) is 5.73 Å². The lowest BCUT2D eigenvalue weighted by Crippen LogP contribution is -2.43. The number of hydrogen-bond donors (Lipinski definition) is 1. The van der Waals surface area contributed by atoms with E-state index in [2.05, 4.69) is 0 Å². The minimum absolute atomic E-state index is 0.265. The van der Waals surface area contributed by atoms with Crippen molar-refractivity contribution in [2.75, 3.05) is 0 Å². The number of nitrogens with two attached hydrogens (primary N) is 1. The molecule has 1 aromatic carbocycles. The maximum Gasteiger partial charge on any atom is 0.126 e. The molecule has 0 unspecified atom stereocenters. The lowest BCUT2D eigenvalue weighted by molar-refractivity contribution is 0.293. The lowest BCUT2D eigenvalue weighted by Gasteiger charge is -2.33. The second-order valence-electron chi connectivity index (χ2n) is 4.88. The molecule has 1 aliphatic rings. The molecule has 1 aliphatic carbocycles. The van der Waals surface area contributed by atoms with Crippen molar-refractivity contribution in [3.63, 3.8) is 0 Å². The van der Waals surface area contributed by atoms with E-state index in [1.165, 1.54) is 18.6 Å². The van der Waals surface area contributed by atoms with Gasteiger partial charge < -0.3 is 5.73 Å². The number of halogens is 2.